The van der Waals surface area contributed by atoms with Gasteiger partial charge in [-0.2, -0.15) is 0 Å². The van der Waals surface area contributed by atoms with Gasteiger partial charge in [-0.05, 0) is 30.3 Å². The summed E-state index contributed by atoms with van der Waals surface area (Å²) >= 11 is 0. The fourth-order valence-corrected chi connectivity index (χ4v) is 3.36. The van der Waals surface area contributed by atoms with Gasteiger partial charge in [-0.1, -0.05) is 0 Å². The van der Waals surface area contributed by atoms with E-state index in [2.05, 4.69) is 20.2 Å². The first-order chi connectivity index (χ1) is 16.6. The molecule has 3 aromatic heterocycles. The van der Waals surface area contributed by atoms with Gasteiger partial charge in [0.15, 0.2) is 11.6 Å². The third-order valence-corrected chi connectivity index (χ3v) is 5.04. The van der Waals surface area contributed by atoms with E-state index in [9.17, 15) is 4.39 Å². The number of benzene rings is 1. The number of hydrogen-bond acceptors (Lipinski definition) is 8. The number of pyridine rings is 2. The van der Waals surface area contributed by atoms with E-state index in [1.165, 1.54) is 19.2 Å². The smallest absolute Gasteiger partial charge is 0.213 e. The second-order valence-corrected chi connectivity index (χ2v) is 7.16. The second kappa shape index (κ2) is 10.8. The number of methoxy groups -OCH3 is 3. The number of hydrogen-bond donors (Lipinski definition) is 0. The molecular weight excluding hydrogens is 441 g/mol. The molecule has 0 radical (unpaired) electrons. The van der Waals surface area contributed by atoms with Crippen LogP contribution in [0.5, 0.6) is 11.6 Å². The van der Waals surface area contributed by atoms with Crippen LogP contribution in [-0.4, -0.2) is 59.3 Å². The Hall–Kier alpha value is -3.89. The van der Waals surface area contributed by atoms with Gasteiger partial charge in [0.1, 0.15) is 18.2 Å². The largest absolute Gasteiger partial charge is 0.496 e. The van der Waals surface area contributed by atoms with E-state index in [1.807, 2.05) is 22.8 Å². The van der Waals surface area contributed by atoms with Crippen molar-refractivity contribution in [1.29, 1.82) is 0 Å². The lowest BCUT2D eigenvalue weighted by Crippen LogP contribution is -2.08. The average molecular weight is 465 g/mol. The first kappa shape index (κ1) is 23.3. The zero-order chi connectivity index (χ0) is 23.9. The summed E-state index contributed by atoms with van der Waals surface area (Å²) < 4.78 is 36.6. The van der Waals surface area contributed by atoms with Crippen molar-refractivity contribution in [2.75, 3.05) is 34.5 Å². The van der Waals surface area contributed by atoms with Crippen LogP contribution in [0.3, 0.4) is 0 Å². The highest BCUT2D eigenvalue weighted by Crippen LogP contribution is 2.31. The molecule has 0 aliphatic carbocycles. The predicted octanol–water partition coefficient (Wildman–Crippen LogP) is 3.71. The summed E-state index contributed by atoms with van der Waals surface area (Å²) in [6.07, 6.45) is 3.36. The minimum Gasteiger partial charge on any atom is -0.496 e. The highest BCUT2D eigenvalue weighted by atomic mass is 19.1. The molecule has 34 heavy (non-hydrogen) atoms. The summed E-state index contributed by atoms with van der Waals surface area (Å²) in [4.78, 5) is 8.85. The molecule has 4 aromatic rings. The molecule has 0 unspecified atom stereocenters. The number of halogens is 1. The molecule has 0 atom stereocenters. The van der Waals surface area contributed by atoms with E-state index in [4.69, 9.17) is 18.9 Å². The van der Waals surface area contributed by atoms with Crippen molar-refractivity contribution >= 4 is 0 Å². The van der Waals surface area contributed by atoms with Crippen molar-refractivity contribution in [3.05, 3.63) is 66.5 Å². The lowest BCUT2D eigenvalue weighted by molar-refractivity contribution is 0.0580. The van der Waals surface area contributed by atoms with Gasteiger partial charge in [0.05, 0.1) is 45.0 Å². The van der Waals surface area contributed by atoms with Crippen LogP contribution in [-0.2, 0) is 16.1 Å². The van der Waals surface area contributed by atoms with Crippen LogP contribution in [0.1, 0.15) is 5.82 Å². The van der Waals surface area contributed by atoms with Crippen molar-refractivity contribution in [3.63, 3.8) is 0 Å². The molecule has 0 aliphatic rings. The van der Waals surface area contributed by atoms with Crippen LogP contribution >= 0.6 is 0 Å². The minimum atomic E-state index is -0.376. The van der Waals surface area contributed by atoms with Crippen molar-refractivity contribution < 1.29 is 23.3 Å². The van der Waals surface area contributed by atoms with Crippen molar-refractivity contribution in [2.45, 2.75) is 6.61 Å². The Morgan fingerprint density at radius 3 is 2.44 bits per heavy atom. The van der Waals surface area contributed by atoms with Gasteiger partial charge in [-0.15, -0.1) is 10.2 Å². The quantitative estimate of drug-likeness (QED) is 0.327. The summed E-state index contributed by atoms with van der Waals surface area (Å²) in [7, 11) is 4.67. The van der Waals surface area contributed by atoms with E-state index >= 15 is 0 Å². The van der Waals surface area contributed by atoms with Gasteiger partial charge in [0.25, 0.3) is 0 Å². The maximum atomic E-state index is 13.6. The van der Waals surface area contributed by atoms with Crippen LogP contribution in [0.25, 0.3) is 28.3 Å². The first-order valence-electron chi connectivity index (χ1n) is 10.5. The van der Waals surface area contributed by atoms with Gasteiger partial charge >= 0.3 is 0 Å². The predicted molar refractivity (Wildman–Crippen MR) is 122 cm³/mol. The van der Waals surface area contributed by atoms with Crippen LogP contribution in [0.2, 0.25) is 0 Å². The Balaban J connectivity index is 1.69. The highest BCUT2D eigenvalue weighted by molar-refractivity contribution is 5.69. The Kier molecular flexibility index (Phi) is 7.41. The number of ether oxygens (including phenoxy) is 4. The molecule has 176 valence electrons. The Morgan fingerprint density at radius 2 is 1.76 bits per heavy atom. The Labute approximate surface area is 196 Å². The molecular formula is C24H24FN5O4. The van der Waals surface area contributed by atoms with Crippen molar-refractivity contribution in [2.24, 2.45) is 0 Å². The van der Waals surface area contributed by atoms with Crippen LogP contribution in [0.4, 0.5) is 4.39 Å². The van der Waals surface area contributed by atoms with Crippen molar-refractivity contribution in [3.8, 4) is 40.0 Å². The van der Waals surface area contributed by atoms with Crippen LogP contribution in [0, 0.1) is 5.82 Å². The molecule has 0 N–H and O–H groups in total. The standard InChI is InChI=1S/C24H24FN5O4/c1-31-10-11-34-15-22-28-29-24(30(22)18-6-9-23(33-3)27-14-18)16-4-8-20(26-13-16)19-7-5-17(25)12-21(19)32-2/h4-9,12-14H,10-11,15H2,1-3H3. The summed E-state index contributed by atoms with van der Waals surface area (Å²) in [5.41, 5.74) is 2.80. The number of nitrogens with zero attached hydrogens (tertiary/aromatic N) is 5. The van der Waals surface area contributed by atoms with Gasteiger partial charge in [0, 0.05) is 36.6 Å². The van der Waals surface area contributed by atoms with Crippen molar-refractivity contribution in [1.82, 2.24) is 24.7 Å². The van der Waals surface area contributed by atoms with Crippen LogP contribution in [0.15, 0.2) is 54.9 Å². The molecule has 3 heterocycles. The van der Waals surface area contributed by atoms with Gasteiger partial charge in [0.2, 0.25) is 5.88 Å². The third kappa shape index (κ3) is 5.03. The maximum Gasteiger partial charge on any atom is 0.213 e. The maximum absolute atomic E-state index is 13.6. The molecule has 1 aromatic carbocycles. The fourth-order valence-electron chi connectivity index (χ4n) is 3.36. The second-order valence-electron chi connectivity index (χ2n) is 7.16. The average Bonchev–Trinajstić information content (AvgIpc) is 3.30. The van der Waals surface area contributed by atoms with E-state index in [1.54, 1.807) is 38.7 Å². The topological polar surface area (TPSA) is 93.4 Å². The zero-order valence-corrected chi connectivity index (χ0v) is 19.1. The number of rotatable bonds is 10. The first-order valence-corrected chi connectivity index (χ1v) is 10.5. The molecule has 9 nitrogen and oxygen atoms in total. The van der Waals surface area contributed by atoms with Crippen LogP contribution < -0.4 is 9.47 Å². The normalized spacial score (nSPS) is 10.9. The summed E-state index contributed by atoms with van der Waals surface area (Å²) in [5, 5.41) is 8.71. The van der Waals surface area contributed by atoms with E-state index in [0.717, 1.165) is 11.3 Å². The van der Waals surface area contributed by atoms with E-state index in [-0.39, 0.29) is 12.4 Å². The molecule has 10 heteroatoms. The molecule has 0 aliphatic heterocycles. The molecule has 0 fully saturated rings. The lowest BCUT2D eigenvalue weighted by Gasteiger charge is -2.12. The van der Waals surface area contributed by atoms with E-state index < -0.39 is 0 Å². The highest BCUT2D eigenvalue weighted by Gasteiger charge is 2.17. The summed E-state index contributed by atoms with van der Waals surface area (Å²) in [6, 6.07) is 11.7. The molecule has 4 rings (SSSR count). The van der Waals surface area contributed by atoms with Gasteiger partial charge < -0.3 is 18.9 Å². The lowest BCUT2D eigenvalue weighted by atomic mass is 10.1. The molecule has 0 saturated carbocycles. The molecule has 0 spiro atoms. The Morgan fingerprint density at radius 1 is 0.882 bits per heavy atom. The third-order valence-electron chi connectivity index (χ3n) is 5.04. The Bertz CT molecular complexity index is 1230. The summed E-state index contributed by atoms with van der Waals surface area (Å²) in [5.74, 6) is 1.70. The SMILES string of the molecule is COCCOCc1nnc(-c2ccc(-c3ccc(F)cc3OC)nc2)n1-c1ccc(OC)nc1. The number of aromatic nitrogens is 5. The molecule has 0 amide bonds. The summed E-state index contributed by atoms with van der Waals surface area (Å²) in [6.45, 7) is 1.14. The zero-order valence-electron chi connectivity index (χ0n) is 19.1. The molecule has 0 saturated heterocycles. The van der Waals surface area contributed by atoms with Gasteiger partial charge in [-0.3, -0.25) is 9.55 Å². The van der Waals surface area contributed by atoms with Gasteiger partial charge in [-0.25, -0.2) is 9.37 Å². The fraction of sp³-hybridized carbons (Fsp3) is 0.250. The minimum absolute atomic E-state index is 0.237. The monoisotopic (exact) mass is 465 g/mol. The van der Waals surface area contributed by atoms with E-state index in [0.29, 0.717) is 47.7 Å². The molecule has 0 bridgehead atoms.